The van der Waals surface area contributed by atoms with Gasteiger partial charge in [-0.2, -0.15) is 5.10 Å². The summed E-state index contributed by atoms with van der Waals surface area (Å²) in [6.45, 7) is 4.02. The molecule has 2 aromatic carbocycles. The van der Waals surface area contributed by atoms with Crippen LogP contribution in [0.25, 0.3) is 0 Å². The molecule has 0 saturated heterocycles. The number of hydrazone groups is 1. The van der Waals surface area contributed by atoms with Crippen molar-refractivity contribution in [3.63, 3.8) is 0 Å². The van der Waals surface area contributed by atoms with Crippen LogP contribution in [0, 0.1) is 19.3 Å². The molecular weight excluding hydrogens is 248 g/mol. The van der Waals surface area contributed by atoms with E-state index in [1.54, 1.807) is 0 Å². The second-order valence-electron chi connectivity index (χ2n) is 4.62. The topological polar surface area (TPSA) is 84.2 Å². The fourth-order valence-corrected chi connectivity index (χ4v) is 1.86. The molecule has 0 saturated carbocycles. The number of benzene rings is 2. The van der Waals surface area contributed by atoms with Gasteiger partial charge in [-0.3, -0.25) is 10.8 Å². The van der Waals surface area contributed by atoms with E-state index in [1.807, 2.05) is 43.3 Å². The molecule has 0 unspecified atom stereocenters. The molecule has 0 aliphatic carbocycles. The largest absolute Gasteiger partial charge is 0.384 e. The Balaban J connectivity index is 0.000000147. The molecule has 0 radical (unpaired) electrons. The number of amidine groups is 2. The Morgan fingerprint density at radius 2 is 1.55 bits per heavy atom. The molecule has 0 spiro atoms. The van der Waals surface area contributed by atoms with E-state index in [9.17, 15) is 0 Å². The van der Waals surface area contributed by atoms with E-state index in [0.717, 1.165) is 17.0 Å². The molecule has 0 fully saturated rings. The lowest BCUT2D eigenvalue weighted by Gasteiger charge is -2.00. The predicted octanol–water partition coefficient (Wildman–Crippen LogP) is 2.54. The number of hydrogen-bond donors (Lipinski definition) is 3. The zero-order chi connectivity index (χ0) is 14.5. The fraction of sp³-hybridized carbons (Fsp3) is 0.125. The SMILES string of the molecule is Cc1ccccc1C(=N)N.Cc1ccccc1C1=NN1. The quantitative estimate of drug-likeness (QED) is 0.576. The monoisotopic (exact) mass is 266 g/mol. The van der Waals surface area contributed by atoms with Gasteiger partial charge >= 0.3 is 0 Å². The molecule has 102 valence electrons. The summed E-state index contributed by atoms with van der Waals surface area (Å²) in [4.78, 5) is 0. The van der Waals surface area contributed by atoms with Crippen LogP contribution in [0.3, 0.4) is 0 Å². The van der Waals surface area contributed by atoms with Gasteiger partial charge in [0.05, 0.1) is 0 Å². The van der Waals surface area contributed by atoms with Crippen LogP contribution in [0.5, 0.6) is 0 Å². The van der Waals surface area contributed by atoms with Gasteiger partial charge in [-0.05, 0) is 25.0 Å². The van der Waals surface area contributed by atoms with Crippen molar-refractivity contribution in [1.82, 2.24) is 5.43 Å². The Morgan fingerprint density at radius 3 is 2.00 bits per heavy atom. The van der Waals surface area contributed by atoms with Crippen LogP contribution in [-0.2, 0) is 0 Å². The van der Waals surface area contributed by atoms with Crippen LogP contribution in [0.4, 0.5) is 0 Å². The van der Waals surface area contributed by atoms with Gasteiger partial charge in [0.15, 0.2) is 5.84 Å². The van der Waals surface area contributed by atoms with Crippen molar-refractivity contribution < 1.29 is 0 Å². The zero-order valence-corrected chi connectivity index (χ0v) is 11.6. The van der Waals surface area contributed by atoms with E-state index < -0.39 is 0 Å². The summed E-state index contributed by atoms with van der Waals surface area (Å²) in [7, 11) is 0. The average molecular weight is 266 g/mol. The first-order valence-electron chi connectivity index (χ1n) is 6.39. The Morgan fingerprint density at radius 1 is 1.00 bits per heavy atom. The van der Waals surface area contributed by atoms with Gasteiger partial charge in [-0.1, -0.05) is 48.5 Å². The van der Waals surface area contributed by atoms with Crippen molar-refractivity contribution in [3.8, 4) is 0 Å². The number of nitrogen functional groups attached to an aromatic ring is 1. The minimum atomic E-state index is 0.137. The first-order valence-corrected chi connectivity index (χ1v) is 6.39. The average Bonchev–Trinajstić information content (AvgIpc) is 3.24. The number of nitrogens with zero attached hydrogens (tertiary/aromatic N) is 1. The summed E-state index contributed by atoms with van der Waals surface area (Å²) in [5.41, 5.74) is 12.5. The molecule has 1 heterocycles. The van der Waals surface area contributed by atoms with E-state index >= 15 is 0 Å². The van der Waals surface area contributed by atoms with Gasteiger partial charge in [0.1, 0.15) is 5.84 Å². The molecule has 0 bridgehead atoms. The van der Waals surface area contributed by atoms with Crippen molar-refractivity contribution >= 4 is 11.7 Å². The maximum Gasteiger partial charge on any atom is 0.174 e. The number of rotatable bonds is 2. The van der Waals surface area contributed by atoms with Crippen molar-refractivity contribution in [2.45, 2.75) is 13.8 Å². The van der Waals surface area contributed by atoms with E-state index in [0.29, 0.717) is 0 Å². The Hall–Kier alpha value is -2.62. The highest BCUT2D eigenvalue weighted by Crippen LogP contribution is 2.10. The number of nitrogens with two attached hydrogens (primary N) is 1. The highest BCUT2D eigenvalue weighted by Gasteiger charge is 2.12. The first kappa shape index (κ1) is 13.8. The summed E-state index contributed by atoms with van der Waals surface area (Å²) in [5, 5.41) is 11.1. The normalized spacial score (nSPS) is 11.6. The molecule has 4 N–H and O–H groups in total. The zero-order valence-electron chi connectivity index (χ0n) is 11.6. The van der Waals surface area contributed by atoms with E-state index in [1.165, 1.54) is 11.1 Å². The third-order valence-corrected chi connectivity index (χ3v) is 3.06. The van der Waals surface area contributed by atoms with Crippen LogP contribution in [0.15, 0.2) is 53.6 Å². The molecule has 2 aromatic rings. The Labute approximate surface area is 118 Å². The van der Waals surface area contributed by atoms with Crippen LogP contribution in [-0.4, -0.2) is 11.7 Å². The van der Waals surface area contributed by atoms with Crippen LogP contribution < -0.4 is 11.2 Å². The van der Waals surface area contributed by atoms with Gasteiger partial charge in [0, 0.05) is 11.1 Å². The second-order valence-corrected chi connectivity index (χ2v) is 4.62. The first-order chi connectivity index (χ1) is 9.59. The van der Waals surface area contributed by atoms with Crippen LogP contribution in [0.1, 0.15) is 22.3 Å². The van der Waals surface area contributed by atoms with Gasteiger partial charge in [-0.15, -0.1) is 0 Å². The molecule has 4 heteroatoms. The number of nitrogens with one attached hydrogen (secondary N) is 2. The van der Waals surface area contributed by atoms with Crippen molar-refractivity contribution in [3.05, 3.63) is 70.8 Å². The number of hydrogen-bond acceptors (Lipinski definition) is 3. The molecule has 3 rings (SSSR count). The van der Waals surface area contributed by atoms with Gasteiger partial charge in [-0.25, -0.2) is 0 Å². The molecule has 4 nitrogen and oxygen atoms in total. The summed E-state index contributed by atoms with van der Waals surface area (Å²) in [5.74, 6) is 1.15. The lowest BCUT2D eigenvalue weighted by Crippen LogP contribution is -2.12. The molecule has 1 aliphatic rings. The predicted molar refractivity (Wildman–Crippen MR) is 83.0 cm³/mol. The van der Waals surface area contributed by atoms with Gasteiger partial charge in [0.25, 0.3) is 0 Å². The maximum atomic E-state index is 7.15. The summed E-state index contributed by atoms with van der Waals surface area (Å²) in [6, 6.07) is 15.8. The van der Waals surface area contributed by atoms with Gasteiger partial charge in [0.2, 0.25) is 0 Å². The third-order valence-electron chi connectivity index (χ3n) is 3.06. The highest BCUT2D eigenvalue weighted by molar-refractivity contribution is 6.06. The summed E-state index contributed by atoms with van der Waals surface area (Å²) >= 11 is 0. The molecule has 0 aromatic heterocycles. The molecular formula is C16H18N4. The molecule has 0 atom stereocenters. The summed E-state index contributed by atoms with van der Waals surface area (Å²) in [6.07, 6.45) is 0. The Bertz CT molecular complexity index is 616. The highest BCUT2D eigenvalue weighted by atomic mass is 15.5. The third kappa shape index (κ3) is 3.45. The Kier molecular flexibility index (Phi) is 4.15. The van der Waals surface area contributed by atoms with Crippen molar-refractivity contribution in [2.75, 3.05) is 0 Å². The van der Waals surface area contributed by atoms with E-state index in [2.05, 4.69) is 29.6 Å². The lowest BCUT2D eigenvalue weighted by atomic mass is 10.1. The molecule has 0 amide bonds. The van der Waals surface area contributed by atoms with Gasteiger partial charge < -0.3 is 5.73 Å². The van der Waals surface area contributed by atoms with E-state index in [4.69, 9.17) is 11.1 Å². The van der Waals surface area contributed by atoms with E-state index in [-0.39, 0.29) is 5.84 Å². The minimum absolute atomic E-state index is 0.137. The van der Waals surface area contributed by atoms with Crippen molar-refractivity contribution in [2.24, 2.45) is 10.8 Å². The summed E-state index contributed by atoms with van der Waals surface area (Å²) < 4.78 is 0. The smallest absolute Gasteiger partial charge is 0.174 e. The lowest BCUT2D eigenvalue weighted by molar-refractivity contribution is 1.26. The van der Waals surface area contributed by atoms with Crippen molar-refractivity contribution in [1.29, 1.82) is 5.41 Å². The standard InChI is InChI=1S/C8H8N2.C8H10N2/c1-6-4-2-3-5-7(6)8-9-10-8;1-6-4-2-3-5-7(6)8(9)10/h2-5H,1H3,(H,9,10);2-5H,1H3,(H3,9,10). The van der Waals surface area contributed by atoms with Crippen LogP contribution in [0.2, 0.25) is 0 Å². The molecule has 1 aliphatic heterocycles. The second kappa shape index (κ2) is 6.02. The molecule has 20 heavy (non-hydrogen) atoms. The maximum absolute atomic E-state index is 7.15. The fourth-order valence-electron chi connectivity index (χ4n) is 1.86. The number of aryl methyl sites for hydroxylation is 2. The van der Waals surface area contributed by atoms with Crippen LogP contribution >= 0.6 is 0 Å². The minimum Gasteiger partial charge on any atom is -0.384 e.